The maximum Gasteiger partial charge on any atom is 0.115 e. The van der Waals surface area contributed by atoms with Crippen LogP contribution in [0.4, 0.5) is 5.69 Å². The highest BCUT2D eigenvalue weighted by molar-refractivity contribution is 5.80. The van der Waals surface area contributed by atoms with Gasteiger partial charge in [-0.3, -0.25) is 4.98 Å². The van der Waals surface area contributed by atoms with Crippen LogP contribution < -0.4 is 10.3 Å². The van der Waals surface area contributed by atoms with Crippen molar-refractivity contribution in [3.05, 3.63) is 48.3 Å². The minimum Gasteiger partial charge on any atom is -0.334 e. The van der Waals surface area contributed by atoms with E-state index in [9.17, 15) is 5.26 Å². The number of rotatable bonds is 5. The van der Waals surface area contributed by atoms with Crippen LogP contribution in [0.2, 0.25) is 0 Å². The summed E-state index contributed by atoms with van der Waals surface area (Å²) in [4.78, 5) is 6.45. The van der Waals surface area contributed by atoms with E-state index in [-0.39, 0.29) is 5.41 Å². The van der Waals surface area contributed by atoms with E-state index in [1.807, 2.05) is 42.4 Å². The molecule has 1 heterocycles. The van der Waals surface area contributed by atoms with E-state index in [1.165, 1.54) is 0 Å². The third kappa shape index (κ3) is 3.02. The van der Waals surface area contributed by atoms with Crippen molar-refractivity contribution in [2.24, 2.45) is 5.10 Å². The van der Waals surface area contributed by atoms with Crippen LogP contribution in [-0.4, -0.2) is 25.4 Å². The number of anilines is 1. The average molecular weight is 305 g/mol. The number of nitrogens with zero attached hydrogens (tertiary/aromatic N) is 4. The Hall–Kier alpha value is -2.87. The van der Waals surface area contributed by atoms with Gasteiger partial charge in [0.1, 0.15) is 6.34 Å². The third-order valence-corrected chi connectivity index (χ3v) is 4.16. The first-order valence-corrected chi connectivity index (χ1v) is 7.59. The van der Waals surface area contributed by atoms with Gasteiger partial charge in [-0.15, -0.1) is 0 Å². The lowest BCUT2D eigenvalue weighted by Crippen LogP contribution is -2.16. The number of hydrazone groups is 1. The van der Waals surface area contributed by atoms with Crippen LogP contribution in [0.5, 0.6) is 0 Å². The van der Waals surface area contributed by atoms with Gasteiger partial charge >= 0.3 is 0 Å². The predicted octanol–water partition coefficient (Wildman–Crippen LogP) is 2.90. The van der Waals surface area contributed by atoms with Crippen molar-refractivity contribution < 1.29 is 0 Å². The molecular formula is C18H19N5. The van der Waals surface area contributed by atoms with Gasteiger partial charge in [0, 0.05) is 31.5 Å². The summed E-state index contributed by atoms with van der Waals surface area (Å²) in [6.45, 7) is 0. The number of nitrogens with one attached hydrogen (secondary N) is 1. The number of hydrogen-bond donors (Lipinski definition) is 1. The van der Waals surface area contributed by atoms with Crippen LogP contribution in [-0.2, 0) is 5.41 Å². The summed E-state index contributed by atoms with van der Waals surface area (Å²) >= 11 is 0. The normalized spacial score (nSPS) is 15.2. The lowest BCUT2D eigenvalue weighted by Gasteiger charge is -2.14. The van der Waals surface area contributed by atoms with E-state index in [0.717, 1.165) is 35.3 Å². The molecule has 1 aliphatic carbocycles. The smallest absolute Gasteiger partial charge is 0.115 e. The molecule has 1 saturated carbocycles. The van der Waals surface area contributed by atoms with Gasteiger partial charge in [-0.25, -0.2) is 0 Å². The van der Waals surface area contributed by atoms with Gasteiger partial charge < -0.3 is 10.3 Å². The Kier molecular flexibility index (Phi) is 3.98. The van der Waals surface area contributed by atoms with E-state index in [2.05, 4.69) is 33.7 Å². The third-order valence-electron chi connectivity index (χ3n) is 4.16. The molecule has 0 aliphatic heterocycles. The zero-order valence-corrected chi connectivity index (χ0v) is 13.3. The summed E-state index contributed by atoms with van der Waals surface area (Å²) in [6.07, 6.45) is 5.42. The van der Waals surface area contributed by atoms with Gasteiger partial charge in [0.25, 0.3) is 0 Å². The second kappa shape index (κ2) is 6.09. The molecule has 3 rings (SSSR count). The summed E-state index contributed by atoms with van der Waals surface area (Å²) in [5.74, 6) is 0. The number of benzene rings is 1. The van der Waals surface area contributed by atoms with E-state index >= 15 is 0 Å². The summed E-state index contributed by atoms with van der Waals surface area (Å²) in [5.41, 5.74) is 6.47. The van der Waals surface area contributed by atoms with Gasteiger partial charge in [0.05, 0.1) is 17.2 Å². The molecule has 1 aliphatic rings. The van der Waals surface area contributed by atoms with Crippen molar-refractivity contribution in [2.45, 2.75) is 18.3 Å². The van der Waals surface area contributed by atoms with E-state index < -0.39 is 0 Å². The maximum atomic E-state index is 9.25. The Morgan fingerprint density at radius 1 is 1.30 bits per heavy atom. The van der Waals surface area contributed by atoms with Crippen LogP contribution in [0.3, 0.4) is 0 Å². The van der Waals surface area contributed by atoms with Crippen molar-refractivity contribution >= 4 is 12.0 Å². The lowest BCUT2D eigenvalue weighted by atomic mass is 10.0. The minimum atomic E-state index is -0.329. The van der Waals surface area contributed by atoms with E-state index in [0.29, 0.717) is 0 Å². The summed E-state index contributed by atoms with van der Waals surface area (Å²) in [6, 6.07) is 14.6. The van der Waals surface area contributed by atoms with Crippen LogP contribution in [0.1, 0.15) is 18.5 Å². The van der Waals surface area contributed by atoms with Gasteiger partial charge in [-0.2, -0.15) is 10.4 Å². The fourth-order valence-corrected chi connectivity index (χ4v) is 2.51. The topological polar surface area (TPSA) is 64.3 Å². The molecule has 0 saturated heterocycles. The molecule has 0 spiro atoms. The molecule has 1 aromatic heterocycles. The molecule has 1 N–H and O–H groups in total. The van der Waals surface area contributed by atoms with Gasteiger partial charge in [-0.05, 0) is 36.6 Å². The molecule has 0 atom stereocenters. The molecule has 0 radical (unpaired) electrons. The van der Waals surface area contributed by atoms with Crippen LogP contribution >= 0.6 is 0 Å². The molecule has 5 heteroatoms. The van der Waals surface area contributed by atoms with Crippen LogP contribution in [0.15, 0.2) is 47.7 Å². The number of pyridine rings is 1. The molecule has 2 aromatic rings. The Labute approximate surface area is 136 Å². The Bertz CT molecular complexity index is 754. The SMILES string of the molecule is CN/N=C/N(C)c1cccc(-c2ccc(C3(C#N)CC3)nc2)c1. The standard InChI is InChI=1S/C18H19N5/c1-20-22-13-23(2)16-5-3-4-14(10-16)15-6-7-17(21-11-15)18(12-19)8-9-18/h3-7,10-11,13,20H,8-9H2,1-2H3/b22-13+. The monoisotopic (exact) mass is 305 g/mol. The van der Waals surface area contributed by atoms with Crippen LogP contribution in [0, 0.1) is 11.3 Å². The van der Waals surface area contributed by atoms with Crippen molar-refractivity contribution in [1.29, 1.82) is 5.26 Å². The maximum absolute atomic E-state index is 9.25. The summed E-state index contributed by atoms with van der Waals surface area (Å²) < 4.78 is 0. The molecule has 1 fully saturated rings. The van der Waals surface area contributed by atoms with E-state index in [1.54, 1.807) is 13.4 Å². The van der Waals surface area contributed by atoms with E-state index in [4.69, 9.17) is 0 Å². The highest BCUT2D eigenvalue weighted by Crippen LogP contribution is 2.46. The fourth-order valence-electron chi connectivity index (χ4n) is 2.51. The van der Waals surface area contributed by atoms with Gasteiger partial charge in [0.15, 0.2) is 0 Å². The Morgan fingerprint density at radius 3 is 2.74 bits per heavy atom. The summed E-state index contributed by atoms with van der Waals surface area (Å²) in [7, 11) is 3.72. The zero-order valence-electron chi connectivity index (χ0n) is 13.3. The molecule has 1 aromatic carbocycles. The second-order valence-electron chi connectivity index (χ2n) is 5.76. The number of hydrogen-bond acceptors (Lipinski definition) is 4. The van der Waals surface area contributed by atoms with Crippen LogP contribution in [0.25, 0.3) is 11.1 Å². The molecule has 5 nitrogen and oxygen atoms in total. The zero-order chi connectivity index (χ0) is 16.3. The average Bonchev–Trinajstić information content (AvgIpc) is 3.41. The molecule has 116 valence electrons. The largest absolute Gasteiger partial charge is 0.334 e. The first kappa shape index (κ1) is 15.0. The number of aromatic nitrogens is 1. The fraction of sp³-hybridized carbons (Fsp3) is 0.278. The number of nitriles is 1. The first-order valence-electron chi connectivity index (χ1n) is 7.59. The molecule has 23 heavy (non-hydrogen) atoms. The Morgan fingerprint density at radius 2 is 2.13 bits per heavy atom. The highest BCUT2D eigenvalue weighted by Gasteiger charge is 2.46. The lowest BCUT2D eigenvalue weighted by molar-refractivity contribution is 0.855. The molecule has 0 unspecified atom stereocenters. The molecule has 0 bridgehead atoms. The van der Waals surface area contributed by atoms with Crippen molar-refractivity contribution in [2.75, 3.05) is 19.0 Å². The first-order chi connectivity index (χ1) is 11.2. The van der Waals surface area contributed by atoms with Crippen molar-refractivity contribution in [3.8, 4) is 17.2 Å². The van der Waals surface area contributed by atoms with Gasteiger partial charge in [0.2, 0.25) is 0 Å². The van der Waals surface area contributed by atoms with Gasteiger partial charge in [-0.1, -0.05) is 18.2 Å². The molecular weight excluding hydrogens is 286 g/mol. The Balaban J connectivity index is 1.85. The summed E-state index contributed by atoms with van der Waals surface area (Å²) in [5, 5.41) is 13.3. The quantitative estimate of drug-likeness (QED) is 0.524. The van der Waals surface area contributed by atoms with Crippen molar-refractivity contribution in [3.63, 3.8) is 0 Å². The molecule has 0 amide bonds. The predicted molar refractivity (Wildman–Crippen MR) is 92.2 cm³/mol. The van der Waals surface area contributed by atoms with Crippen molar-refractivity contribution in [1.82, 2.24) is 10.4 Å². The highest BCUT2D eigenvalue weighted by atomic mass is 15.3. The minimum absolute atomic E-state index is 0.329. The second-order valence-corrected chi connectivity index (χ2v) is 5.76.